The van der Waals surface area contributed by atoms with Gasteiger partial charge in [-0.2, -0.15) is 4.31 Å². The van der Waals surface area contributed by atoms with Crippen molar-refractivity contribution in [3.05, 3.63) is 94.4 Å². The molecule has 1 aliphatic rings. The molecule has 8 nitrogen and oxygen atoms in total. The van der Waals surface area contributed by atoms with Crippen molar-refractivity contribution >= 4 is 21.6 Å². The Morgan fingerprint density at radius 2 is 1.67 bits per heavy atom. The Hall–Kier alpha value is -3.27. The molecule has 0 aliphatic carbocycles. The van der Waals surface area contributed by atoms with Gasteiger partial charge in [0.25, 0.3) is 11.5 Å². The highest BCUT2D eigenvalue weighted by Gasteiger charge is 2.27. The second-order valence-corrected chi connectivity index (χ2v) is 9.97. The Kier molecular flexibility index (Phi) is 6.73. The summed E-state index contributed by atoms with van der Waals surface area (Å²) >= 11 is 0. The lowest BCUT2D eigenvalue weighted by Crippen LogP contribution is -2.47. The first-order valence-corrected chi connectivity index (χ1v) is 12.1. The summed E-state index contributed by atoms with van der Waals surface area (Å²) in [4.78, 5) is 27.9. The number of nitrogens with one attached hydrogen (secondary N) is 1. The molecule has 3 aromatic rings. The summed E-state index contributed by atoms with van der Waals surface area (Å²) in [7, 11) is -1.71. The highest BCUT2D eigenvalue weighted by atomic mass is 32.2. The van der Waals surface area contributed by atoms with Gasteiger partial charge in [-0.3, -0.25) is 9.59 Å². The van der Waals surface area contributed by atoms with Gasteiger partial charge in [0.2, 0.25) is 10.0 Å². The van der Waals surface area contributed by atoms with Crippen LogP contribution in [0.1, 0.15) is 15.9 Å². The van der Waals surface area contributed by atoms with Crippen LogP contribution in [0.25, 0.3) is 0 Å². The standard InChI is InChI=1S/C24H26N4O4S/c1-26-13-15-28(16-14-26)33(31,32)21-10-5-9-20(17-21)25-23(29)22-11-6-12-27(24(22)30)18-19-7-3-2-4-8-19/h2-12,17H,13-16,18H2,1H3,(H,25,29). The number of benzene rings is 2. The maximum absolute atomic E-state index is 13.0. The van der Waals surface area contributed by atoms with Crippen molar-refractivity contribution in [1.82, 2.24) is 13.8 Å². The zero-order valence-electron chi connectivity index (χ0n) is 18.3. The quantitative estimate of drug-likeness (QED) is 0.601. The summed E-state index contributed by atoms with van der Waals surface area (Å²) in [5, 5.41) is 2.67. The van der Waals surface area contributed by atoms with E-state index in [1.165, 1.54) is 27.1 Å². The van der Waals surface area contributed by atoms with Crippen LogP contribution >= 0.6 is 0 Å². The van der Waals surface area contributed by atoms with Gasteiger partial charge in [-0.05, 0) is 42.9 Å². The number of carbonyl (C=O) groups excluding carboxylic acids is 1. The van der Waals surface area contributed by atoms with Gasteiger partial charge in [0.1, 0.15) is 5.56 Å². The Labute approximate surface area is 193 Å². The smallest absolute Gasteiger partial charge is 0.263 e. The molecular weight excluding hydrogens is 440 g/mol. The monoisotopic (exact) mass is 466 g/mol. The molecule has 1 fully saturated rings. The molecule has 1 aliphatic heterocycles. The molecule has 0 spiro atoms. The van der Waals surface area contributed by atoms with E-state index in [-0.39, 0.29) is 10.5 Å². The number of rotatable bonds is 6. The average molecular weight is 467 g/mol. The highest BCUT2D eigenvalue weighted by molar-refractivity contribution is 7.89. The van der Waals surface area contributed by atoms with Crippen LogP contribution in [0.3, 0.4) is 0 Å². The molecule has 1 saturated heterocycles. The van der Waals surface area contributed by atoms with E-state index in [4.69, 9.17) is 0 Å². The molecule has 0 saturated carbocycles. The number of aromatic nitrogens is 1. The van der Waals surface area contributed by atoms with Gasteiger partial charge in [0, 0.05) is 38.1 Å². The number of pyridine rings is 1. The molecular formula is C24H26N4O4S. The number of carbonyl (C=O) groups is 1. The molecule has 9 heteroatoms. The van der Waals surface area contributed by atoms with Crippen molar-refractivity contribution in [3.63, 3.8) is 0 Å². The first-order chi connectivity index (χ1) is 15.8. The minimum absolute atomic E-state index is 0.0132. The van der Waals surface area contributed by atoms with Crippen LogP contribution in [-0.4, -0.2) is 61.3 Å². The number of anilines is 1. The first kappa shape index (κ1) is 22.9. The third kappa shape index (κ3) is 5.22. The number of piperazine rings is 1. The van der Waals surface area contributed by atoms with Crippen molar-refractivity contribution in [2.45, 2.75) is 11.4 Å². The van der Waals surface area contributed by atoms with Crippen LogP contribution in [0.4, 0.5) is 5.69 Å². The molecule has 2 heterocycles. The normalized spacial score (nSPS) is 15.3. The minimum atomic E-state index is -3.67. The van der Waals surface area contributed by atoms with Crippen LogP contribution in [-0.2, 0) is 16.6 Å². The van der Waals surface area contributed by atoms with Gasteiger partial charge in [-0.15, -0.1) is 0 Å². The van der Waals surface area contributed by atoms with E-state index >= 15 is 0 Å². The van der Waals surface area contributed by atoms with E-state index in [9.17, 15) is 18.0 Å². The van der Waals surface area contributed by atoms with Crippen LogP contribution in [0.2, 0.25) is 0 Å². The van der Waals surface area contributed by atoms with E-state index in [2.05, 4.69) is 10.2 Å². The Morgan fingerprint density at radius 1 is 0.939 bits per heavy atom. The molecule has 0 unspecified atom stereocenters. The largest absolute Gasteiger partial charge is 0.322 e. The molecule has 2 aromatic carbocycles. The maximum atomic E-state index is 13.0. The van der Waals surface area contributed by atoms with Gasteiger partial charge in [0.15, 0.2) is 0 Å². The predicted octanol–water partition coefficient (Wildman–Crippen LogP) is 2.08. The molecule has 172 valence electrons. The molecule has 33 heavy (non-hydrogen) atoms. The van der Waals surface area contributed by atoms with Crippen molar-refractivity contribution in [2.75, 3.05) is 38.5 Å². The van der Waals surface area contributed by atoms with Gasteiger partial charge in [-0.25, -0.2) is 8.42 Å². The van der Waals surface area contributed by atoms with Gasteiger partial charge >= 0.3 is 0 Å². The SMILES string of the molecule is CN1CCN(S(=O)(=O)c2cccc(NC(=O)c3cccn(Cc4ccccc4)c3=O)c2)CC1. The van der Waals surface area contributed by atoms with Gasteiger partial charge in [0.05, 0.1) is 11.4 Å². The van der Waals surface area contributed by atoms with Crippen LogP contribution in [0.5, 0.6) is 0 Å². The maximum Gasteiger partial charge on any atom is 0.263 e. The Balaban J connectivity index is 1.53. The van der Waals surface area contributed by atoms with Gasteiger partial charge < -0.3 is 14.8 Å². The summed E-state index contributed by atoms with van der Waals surface area (Å²) < 4.78 is 29.0. The van der Waals surface area contributed by atoms with Crippen molar-refractivity contribution in [2.24, 2.45) is 0 Å². The molecule has 1 amide bonds. The molecule has 0 atom stereocenters. The Bertz CT molecular complexity index is 1300. The zero-order valence-corrected chi connectivity index (χ0v) is 19.2. The fourth-order valence-electron chi connectivity index (χ4n) is 3.72. The second kappa shape index (κ2) is 9.70. The number of nitrogens with zero attached hydrogens (tertiary/aromatic N) is 3. The number of sulfonamides is 1. The lowest BCUT2D eigenvalue weighted by Gasteiger charge is -2.31. The third-order valence-corrected chi connectivity index (χ3v) is 7.55. The summed E-state index contributed by atoms with van der Waals surface area (Å²) in [5.74, 6) is -0.587. The van der Waals surface area contributed by atoms with E-state index < -0.39 is 21.5 Å². The lowest BCUT2D eigenvalue weighted by molar-refractivity contribution is 0.102. The zero-order chi connectivity index (χ0) is 23.4. The van der Waals surface area contributed by atoms with Crippen LogP contribution < -0.4 is 10.9 Å². The fourth-order valence-corrected chi connectivity index (χ4v) is 5.19. The van der Waals surface area contributed by atoms with Crippen molar-refractivity contribution in [1.29, 1.82) is 0 Å². The topological polar surface area (TPSA) is 91.7 Å². The summed E-state index contributed by atoms with van der Waals surface area (Å²) in [6, 6.07) is 18.7. The van der Waals surface area contributed by atoms with Gasteiger partial charge in [-0.1, -0.05) is 36.4 Å². The lowest BCUT2D eigenvalue weighted by atomic mass is 10.2. The summed E-state index contributed by atoms with van der Waals surface area (Å²) in [6.07, 6.45) is 1.63. The van der Waals surface area contributed by atoms with E-state index in [0.717, 1.165) is 5.56 Å². The molecule has 1 aromatic heterocycles. The summed E-state index contributed by atoms with van der Waals surface area (Å²) in [6.45, 7) is 2.51. The van der Waals surface area contributed by atoms with Crippen LogP contribution in [0.15, 0.2) is 82.6 Å². The second-order valence-electron chi connectivity index (χ2n) is 8.03. The van der Waals surface area contributed by atoms with E-state index in [1.807, 2.05) is 37.4 Å². The number of hydrogen-bond donors (Lipinski definition) is 1. The molecule has 1 N–H and O–H groups in total. The van der Waals surface area contributed by atoms with E-state index in [0.29, 0.717) is 38.4 Å². The third-order valence-electron chi connectivity index (χ3n) is 5.65. The fraction of sp³-hybridized carbons (Fsp3) is 0.250. The highest BCUT2D eigenvalue weighted by Crippen LogP contribution is 2.21. The summed E-state index contributed by atoms with van der Waals surface area (Å²) in [5.41, 5.74) is 0.827. The molecule has 4 rings (SSSR count). The molecule has 0 bridgehead atoms. The predicted molar refractivity (Wildman–Crippen MR) is 127 cm³/mol. The number of hydrogen-bond acceptors (Lipinski definition) is 5. The number of amides is 1. The minimum Gasteiger partial charge on any atom is -0.322 e. The van der Waals surface area contributed by atoms with E-state index in [1.54, 1.807) is 24.4 Å². The van der Waals surface area contributed by atoms with Crippen molar-refractivity contribution in [3.8, 4) is 0 Å². The molecule has 0 radical (unpaired) electrons. The Morgan fingerprint density at radius 3 is 2.39 bits per heavy atom. The first-order valence-electron chi connectivity index (χ1n) is 10.7. The average Bonchev–Trinajstić information content (AvgIpc) is 2.81. The van der Waals surface area contributed by atoms with Crippen molar-refractivity contribution < 1.29 is 13.2 Å². The number of likely N-dealkylation sites (N-methyl/N-ethyl adjacent to an activating group) is 1. The van der Waals surface area contributed by atoms with Crippen LogP contribution in [0, 0.1) is 0 Å².